The second-order valence-electron chi connectivity index (χ2n) is 4.64. The molecule has 21 heavy (non-hydrogen) atoms. The number of rotatable bonds is 9. The predicted molar refractivity (Wildman–Crippen MR) is 77.0 cm³/mol. The molecular formula is C15H21NO5. The van der Waals surface area contributed by atoms with Crippen LogP contribution in [0, 0.1) is 0 Å². The highest BCUT2D eigenvalue weighted by atomic mass is 16.5. The Kier molecular flexibility index (Phi) is 7.25. The highest BCUT2D eigenvalue weighted by Crippen LogP contribution is 2.11. The minimum Gasteiger partial charge on any atom is -0.480 e. The molecule has 0 heterocycles. The van der Waals surface area contributed by atoms with Gasteiger partial charge in [0, 0.05) is 0 Å². The molecule has 0 saturated heterocycles. The molecule has 1 amide bonds. The third-order valence-electron chi connectivity index (χ3n) is 2.94. The minimum absolute atomic E-state index is 0.348. The maximum Gasteiger partial charge on any atom is 0.326 e. The van der Waals surface area contributed by atoms with Crippen LogP contribution in [-0.4, -0.2) is 40.8 Å². The second-order valence-corrected chi connectivity index (χ2v) is 4.64. The Bertz CT molecular complexity index is 449. The van der Waals surface area contributed by atoms with Crippen molar-refractivity contribution in [2.24, 2.45) is 0 Å². The molecule has 6 nitrogen and oxygen atoms in total. The minimum atomic E-state index is -1.13. The van der Waals surface area contributed by atoms with Crippen molar-refractivity contribution in [3.63, 3.8) is 0 Å². The zero-order valence-corrected chi connectivity index (χ0v) is 12.0. The number of hydrogen-bond donors (Lipinski definition) is 3. The molecule has 0 aliphatic rings. The Balaban J connectivity index is 2.62. The molecule has 6 heteroatoms. The van der Waals surface area contributed by atoms with Gasteiger partial charge in [-0.25, -0.2) is 4.79 Å². The first kappa shape index (κ1) is 17.0. The maximum atomic E-state index is 12.0. The number of carboxylic acids is 1. The van der Waals surface area contributed by atoms with Crippen molar-refractivity contribution < 1.29 is 24.5 Å². The lowest BCUT2D eigenvalue weighted by atomic mass is 10.1. The number of carbonyl (C=O) groups excluding carboxylic acids is 1. The summed E-state index contributed by atoms with van der Waals surface area (Å²) in [4.78, 5) is 23.1. The number of carbonyl (C=O) groups is 2. The Morgan fingerprint density at radius 2 is 1.95 bits per heavy atom. The van der Waals surface area contributed by atoms with Crippen molar-refractivity contribution in [1.82, 2.24) is 5.32 Å². The number of aliphatic hydroxyl groups is 1. The first-order valence-corrected chi connectivity index (χ1v) is 6.94. The third-order valence-corrected chi connectivity index (χ3v) is 2.94. The molecular weight excluding hydrogens is 274 g/mol. The average molecular weight is 295 g/mol. The van der Waals surface area contributed by atoms with Gasteiger partial charge >= 0.3 is 5.97 Å². The molecule has 1 aromatic rings. The van der Waals surface area contributed by atoms with E-state index >= 15 is 0 Å². The van der Waals surface area contributed by atoms with Crippen molar-refractivity contribution in [3.8, 4) is 5.75 Å². The fraction of sp³-hybridized carbons (Fsp3) is 0.467. The molecule has 116 valence electrons. The van der Waals surface area contributed by atoms with Crippen LogP contribution in [0.5, 0.6) is 5.75 Å². The van der Waals surface area contributed by atoms with Crippen molar-refractivity contribution in [2.45, 2.75) is 38.3 Å². The number of nitrogens with one attached hydrogen (secondary N) is 1. The molecule has 1 rings (SSSR count). The van der Waals surface area contributed by atoms with Gasteiger partial charge in [-0.1, -0.05) is 38.0 Å². The highest BCUT2D eigenvalue weighted by molar-refractivity contribution is 5.86. The Hall–Kier alpha value is -2.08. The van der Waals surface area contributed by atoms with E-state index < -0.39 is 30.6 Å². The number of carboxylic acid groups (broad SMARTS) is 1. The first-order valence-electron chi connectivity index (χ1n) is 6.94. The van der Waals surface area contributed by atoms with Crippen molar-refractivity contribution in [1.29, 1.82) is 0 Å². The maximum absolute atomic E-state index is 12.0. The van der Waals surface area contributed by atoms with E-state index in [9.17, 15) is 14.7 Å². The lowest BCUT2D eigenvalue weighted by Crippen LogP contribution is -2.48. The Morgan fingerprint density at radius 3 is 2.48 bits per heavy atom. The molecule has 0 aromatic heterocycles. The summed E-state index contributed by atoms with van der Waals surface area (Å²) in [5, 5.41) is 20.7. The Labute approximate surface area is 123 Å². The summed E-state index contributed by atoms with van der Waals surface area (Å²) >= 11 is 0. The van der Waals surface area contributed by atoms with Gasteiger partial charge in [-0.15, -0.1) is 0 Å². The van der Waals surface area contributed by atoms with Crippen molar-refractivity contribution in [2.75, 3.05) is 6.61 Å². The van der Waals surface area contributed by atoms with E-state index in [1.807, 2.05) is 6.92 Å². The van der Waals surface area contributed by atoms with Crippen LogP contribution in [-0.2, 0) is 9.59 Å². The number of benzene rings is 1. The first-order chi connectivity index (χ1) is 10.1. The van der Waals surface area contributed by atoms with Crippen LogP contribution in [0.2, 0.25) is 0 Å². The van der Waals surface area contributed by atoms with Crippen LogP contribution >= 0.6 is 0 Å². The summed E-state index contributed by atoms with van der Waals surface area (Å²) in [5.41, 5.74) is 0. The van der Waals surface area contributed by atoms with E-state index in [-0.39, 0.29) is 0 Å². The van der Waals surface area contributed by atoms with Gasteiger partial charge in [0.1, 0.15) is 11.8 Å². The Morgan fingerprint density at radius 1 is 1.29 bits per heavy atom. The zero-order chi connectivity index (χ0) is 15.7. The molecule has 0 bridgehead atoms. The summed E-state index contributed by atoms with van der Waals surface area (Å²) in [7, 11) is 0. The SMILES string of the molecule is CCCC[C@H](NC(=O)C(CO)Oc1ccccc1)C(=O)O. The number of ether oxygens (including phenoxy) is 1. The average Bonchev–Trinajstić information content (AvgIpc) is 2.49. The quantitative estimate of drug-likeness (QED) is 0.636. The van der Waals surface area contributed by atoms with Gasteiger partial charge in [0.15, 0.2) is 6.10 Å². The molecule has 0 radical (unpaired) electrons. The van der Waals surface area contributed by atoms with Crippen LogP contribution in [0.1, 0.15) is 26.2 Å². The molecule has 0 spiro atoms. The van der Waals surface area contributed by atoms with Gasteiger partial charge in [0.05, 0.1) is 6.61 Å². The van der Waals surface area contributed by atoms with Gasteiger partial charge < -0.3 is 20.3 Å². The topological polar surface area (TPSA) is 95.9 Å². The highest BCUT2D eigenvalue weighted by Gasteiger charge is 2.25. The largest absolute Gasteiger partial charge is 0.480 e. The molecule has 2 atom stereocenters. The lowest BCUT2D eigenvalue weighted by Gasteiger charge is -2.20. The number of aliphatic hydroxyl groups excluding tert-OH is 1. The van der Waals surface area contributed by atoms with Gasteiger partial charge in [0.2, 0.25) is 0 Å². The summed E-state index contributed by atoms with van der Waals surface area (Å²) in [5.74, 6) is -1.29. The molecule has 0 saturated carbocycles. The smallest absolute Gasteiger partial charge is 0.326 e. The number of aliphatic carboxylic acids is 1. The van der Waals surface area contributed by atoms with Gasteiger partial charge in [-0.05, 0) is 18.6 Å². The predicted octanol–water partition coefficient (Wildman–Crippen LogP) is 1.19. The van der Waals surface area contributed by atoms with Crippen molar-refractivity contribution in [3.05, 3.63) is 30.3 Å². The summed E-state index contributed by atoms with van der Waals surface area (Å²) in [6.45, 7) is 1.41. The molecule has 0 fully saturated rings. The van der Waals surface area contributed by atoms with E-state index in [0.717, 1.165) is 6.42 Å². The van der Waals surface area contributed by atoms with E-state index in [1.54, 1.807) is 30.3 Å². The summed E-state index contributed by atoms with van der Waals surface area (Å²) in [6, 6.07) is 7.62. The molecule has 1 unspecified atom stereocenters. The fourth-order valence-corrected chi connectivity index (χ4v) is 1.77. The molecule has 1 aromatic carbocycles. The third kappa shape index (κ3) is 5.83. The number of unbranched alkanes of at least 4 members (excludes halogenated alkanes) is 1. The number of hydrogen-bond acceptors (Lipinski definition) is 4. The van der Waals surface area contributed by atoms with Gasteiger partial charge in [-0.3, -0.25) is 4.79 Å². The zero-order valence-electron chi connectivity index (χ0n) is 12.0. The van der Waals surface area contributed by atoms with Crippen LogP contribution in [0.25, 0.3) is 0 Å². The van der Waals surface area contributed by atoms with Crippen LogP contribution in [0.4, 0.5) is 0 Å². The standard InChI is InChI=1S/C15H21NO5/c1-2-3-9-12(15(19)20)16-14(18)13(10-17)21-11-7-5-4-6-8-11/h4-8,12-13,17H,2-3,9-10H2,1H3,(H,16,18)(H,19,20)/t12-,13?/m0/s1. The van der Waals surface area contributed by atoms with E-state index in [0.29, 0.717) is 18.6 Å². The fourth-order valence-electron chi connectivity index (χ4n) is 1.77. The normalized spacial score (nSPS) is 13.2. The van der Waals surface area contributed by atoms with Crippen LogP contribution in [0.3, 0.4) is 0 Å². The molecule has 0 aliphatic heterocycles. The number of para-hydroxylation sites is 1. The van der Waals surface area contributed by atoms with Gasteiger partial charge in [0.25, 0.3) is 5.91 Å². The lowest BCUT2D eigenvalue weighted by molar-refractivity contribution is -0.143. The second kappa shape index (κ2) is 8.97. The monoisotopic (exact) mass is 295 g/mol. The van der Waals surface area contributed by atoms with Crippen LogP contribution < -0.4 is 10.1 Å². The van der Waals surface area contributed by atoms with E-state index in [4.69, 9.17) is 9.84 Å². The van der Waals surface area contributed by atoms with Crippen molar-refractivity contribution >= 4 is 11.9 Å². The van der Waals surface area contributed by atoms with Gasteiger partial charge in [-0.2, -0.15) is 0 Å². The van der Waals surface area contributed by atoms with Crippen LogP contribution in [0.15, 0.2) is 30.3 Å². The van der Waals surface area contributed by atoms with E-state index in [2.05, 4.69) is 5.32 Å². The number of amides is 1. The summed E-state index contributed by atoms with van der Waals surface area (Å²) in [6.07, 6.45) is 0.751. The molecule has 0 aliphatic carbocycles. The summed E-state index contributed by atoms with van der Waals surface area (Å²) < 4.78 is 5.36. The van der Waals surface area contributed by atoms with E-state index in [1.165, 1.54) is 0 Å². The molecule has 3 N–H and O–H groups in total.